The van der Waals surface area contributed by atoms with Crippen molar-refractivity contribution in [2.45, 2.75) is 12.5 Å². The molecule has 0 bridgehead atoms. The first kappa shape index (κ1) is 12.4. The zero-order valence-electron chi connectivity index (χ0n) is 10.2. The first-order valence-corrected chi connectivity index (χ1v) is 5.89. The second-order valence-electron chi connectivity index (χ2n) is 4.45. The molecule has 1 N–H and O–H groups in total. The molecule has 1 fully saturated rings. The molecule has 1 unspecified atom stereocenters. The largest absolute Gasteiger partial charge is 0.465 e. The van der Waals surface area contributed by atoms with E-state index in [1.165, 1.54) is 4.90 Å². The smallest absolute Gasteiger partial charge is 0.407 e. The summed E-state index contributed by atoms with van der Waals surface area (Å²) in [6.45, 7) is 1.08. The molecule has 1 aliphatic rings. The van der Waals surface area contributed by atoms with Gasteiger partial charge in [-0.15, -0.1) is 0 Å². The van der Waals surface area contributed by atoms with Crippen molar-refractivity contribution in [3.8, 4) is 0 Å². The Balaban J connectivity index is 2.01. The number of carbonyl (C=O) groups is 2. The molecule has 2 amide bonds. The van der Waals surface area contributed by atoms with Crippen LogP contribution in [-0.2, 0) is 0 Å². The lowest BCUT2D eigenvalue weighted by atomic mass is 10.2. The third-order valence-corrected chi connectivity index (χ3v) is 3.32. The van der Waals surface area contributed by atoms with Gasteiger partial charge >= 0.3 is 6.09 Å². The third-order valence-electron chi connectivity index (χ3n) is 3.32. The molecule has 1 aliphatic heterocycles. The minimum absolute atomic E-state index is 0.0307. The molecule has 5 heteroatoms. The van der Waals surface area contributed by atoms with E-state index in [1.54, 1.807) is 24.1 Å². The molecular formula is C13H16N2O3. The molecule has 96 valence electrons. The summed E-state index contributed by atoms with van der Waals surface area (Å²) < 4.78 is 0. The second-order valence-corrected chi connectivity index (χ2v) is 4.45. The van der Waals surface area contributed by atoms with Gasteiger partial charge in [-0.05, 0) is 18.6 Å². The minimum atomic E-state index is -0.950. The van der Waals surface area contributed by atoms with Crippen LogP contribution in [0.4, 0.5) is 4.79 Å². The summed E-state index contributed by atoms with van der Waals surface area (Å²) in [6, 6.07) is 8.96. The van der Waals surface area contributed by atoms with Gasteiger partial charge in [-0.1, -0.05) is 18.2 Å². The Morgan fingerprint density at radius 2 is 2.00 bits per heavy atom. The van der Waals surface area contributed by atoms with Crippen LogP contribution in [0.3, 0.4) is 0 Å². The molecule has 0 aromatic heterocycles. The van der Waals surface area contributed by atoms with Gasteiger partial charge in [0.25, 0.3) is 5.91 Å². The van der Waals surface area contributed by atoms with Gasteiger partial charge in [0.2, 0.25) is 0 Å². The van der Waals surface area contributed by atoms with Crippen LogP contribution >= 0.6 is 0 Å². The number of hydrogen-bond donors (Lipinski definition) is 1. The Hall–Kier alpha value is -2.04. The maximum atomic E-state index is 12.1. The number of rotatable bonds is 2. The van der Waals surface area contributed by atoms with E-state index in [0.29, 0.717) is 25.1 Å². The van der Waals surface area contributed by atoms with Crippen LogP contribution in [0.5, 0.6) is 0 Å². The molecule has 0 spiro atoms. The summed E-state index contributed by atoms with van der Waals surface area (Å²) in [7, 11) is 1.55. The zero-order valence-corrected chi connectivity index (χ0v) is 10.2. The maximum Gasteiger partial charge on any atom is 0.407 e. The van der Waals surface area contributed by atoms with E-state index in [1.807, 2.05) is 18.2 Å². The average molecular weight is 248 g/mol. The number of amides is 2. The molecule has 0 aliphatic carbocycles. The third kappa shape index (κ3) is 2.45. The predicted molar refractivity (Wildman–Crippen MR) is 66.5 cm³/mol. The number of likely N-dealkylation sites (N-methyl/N-ethyl adjacent to an activating group) is 1. The Bertz CT molecular complexity index is 447. The van der Waals surface area contributed by atoms with Crippen LogP contribution < -0.4 is 0 Å². The Morgan fingerprint density at radius 3 is 2.61 bits per heavy atom. The Morgan fingerprint density at radius 1 is 1.33 bits per heavy atom. The number of nitrogens with zero attached hydrogens (tertiary/aromatic N) is 2. The van der Waals surface area contributed by atoms with Gasteiger partial charge in [-0.3, -0.25) is 4.79 Å². The molecule has 0 saturated carbocycles. The lowest BCUT2D eigenvalue weighted by Gasteiger charge is -2.22. The van der Waals surface area contributed by atoms with E-state index in [9.17, 15) is 9.59 Å². The van der Waals surface area contributed by atoms with Gasteiger partial charge in [-0.25, -0.2) is 4.79 Å². The van der Waals surface area contributed by atoms with Crippen molar-refractivity contribution in [3.63, 3.8) is 0 Å². The van der Waals surface area contributed by atoms with Crippen LogP contribution in [0, 0.1) is 0 Å². The van der Waals surface area contributed by atoms with Crippen molar-refractivity contribution in [1.29, 1.82) is 0 Å². The van der Waals surface area contributed by atoms with E-state index in [-0.39, 0.29) is 11.9 Å². The van der Waals surface area contributed by atoms with Gasteiger partial charge in [0, 0.05) is 25.7 Å². The molecular weight excluding hydrogens is 232 g/mol. The summed E-state index contributed by atoms with van der Waals surface area (Å²) in [5, 5.41) is 8.91. The fourth-order valence-corrected chi connectivity index (χ4v) is 2.16. The molecule has 1 heterocycles. The molecule has 1 aromatic rings. The summed E-state index contributed by atoms with van der Waals surface area (Å²) in [5.41, 5.74) is 0.649. The van der Waals surface area contributed by atoms with Crippen molar-refractivity contribution < 1.29 is 14.7 Å². The molecule has 5 nitrogen and oxygen atoms in total. The maximum absolute atomic E-state index is 12.1. The topological polar surface area (TPSA) is 60.9 Å². The number of benzene rings is 1. The average Bonchev–Trinajstić information content (AvgIpc) is 2.87. The van der Waals surface area contributed by atoms with Crippen LogP contribution in [0.1, 0.15) is 16.8 Å². The summed E-state index contributed by atoms with van der Waals surface area (Å²) >= 11 is 0. The van der Waals surface area contributed by atoms with Crippen LogP contribution in [0.2, 0.25) is 0 Å². The Labute approximate surface area is 106 Å². The number of carbonyl (C=O) groups excluding carboxylic acids is 1. The van der Waals surface area contributed by atoms with Crippen LogP contribution in [0.25, 0.3) is 0 Å². The molecule has 1 atom stereocenters. The van der Waals surface area contributed by atoms with Crippen LogP contribution in [0.15, 0.2) is 30.3 Å². The van der Waals surface area contributed by atoms with E-state index >= 15 is 0 Å². The lowest BCUT2D eigenvalue weighted by Crippen LogP contribution is -2.39. The zero-order chi connectivity index (χ0) is 13.1. The van der Waals surface area contributed by atoms with E-state index in [4.69, 9.17) is 5.11 Å². The van der Waals surface area contributed by atoms with Gasteiger partial charge in [0.15, 0.2) is 0 Å². The van der Waals surface area contributed by atoms with Gasteiger partial charge < -0.3 is 14.9 Å². The highest BCUT2D eigenvalue weighted by Crippen LogP contribution is 2.17. The predicted octanol–water partition coefficient (Wildman–Crippen LogP) is 1.51. The molecule has 18 heavy (non-hydrogen) atoms. The standard InChI is InChI=1S/C13H16N2O3/c1-14(13(17)18)11-7-8-15(9-11)12(16)10-5-3-2-4-6-10/h2-6,11H,7-9H2,1H3,(H,17,18). The molecule has 0 radical (unpaired) electrons. The first-order valence-electron chi connectivity index (χ1n) is 5.89. The minimum Gasteiger partial charge on any atom is -0.465 e. The number of carboxylic acid groups (broad SMARTS) is 1. The highest BCUT2D eigenvalue weighted by molar-refractivity contribution is 5.94. The van der Waals surface area contributed by atoms with Crippen molar-refractivity contribution in [2.24, 2.45) is 0 Å². The van der Waals surface area contributed by atoms with E-state index in [2.05, 4.69) is 0 Å². The number of hydrogen-bond acceptors (Lipinski definition) is 2. The SMILES string of the molecule is CN(C(=O)O)C1CCN(C(=O)c2ccccc2)C1. The quantitative estimate of drug-likeness (QED) is 0.863. The van der Waals surface area contributed by atoms with Crippen molar-refractivity contribution in [3.05, 3.63) is 35.9 Å². The van der Waals surface area contributed by atoms with Gasteiger partial charge in [0.1, 0.15) is 0 Å². The fraction of sp³-hybridized carbons (Fsp3) is 0.385. The molecule has 1 saturated heterocycles. The van der Waals surface area contributed by atoms with Crippen molar-refractivity contribution in [1.82, 2.24) is 9.80 Å². The fourth-order valence-electron chi connectivity index (χ4n) is 2.16. The summed E-state index contributed by atoms with van der Waals surface area (Å²) in [4.78, 5) is 26.0. The normalized spacial score (nSPS) is 18.7. The van der Waals surface area contributed by atoms with E-state index < -0.39 is 6.09 Å². The van der Waals surface area contributed by atoms with Crippen molar-refractivity contribution >= 4 is 12.0 Å². The summed E-state index contributed by atoms with van der Waals surface area (Å²) in [6.07, 6.45) is -0.254. The van der Waals surface area contributed by atoms with Gasteiger partial charge in [0.05, 0.1) is 6.04 Å². The number of likely N-dealkylation sites (tertiary alicyclic amines) is 1. The first-order chi connectivity index (χ1) is 8.59. The highest BCUT2D eigenvalue weighted by atomic mass is 16.4. The summed E-state index contributed by atoms with van der Waals surface area (Å²) in [5.74, 6) is -0.0307. The Kier molecular flexibility index (Phi) is 3.50. The van der Waals surface area contributed by atoms with Gasteiger partial charge in [-0.2, -0.15) is 0 Å². The van der Waals surface area contributed by atoms with E-state index in [0.717, 1.165) is 0 Å². The van der Waals surface area contributed by atoms with Crippen molar-refractivity contribution in [2.75, 3.05) is 20.1 Å². The molecule has 2 rings (SSSR count). The highest BCUT2D eigenvalue weighted by Gasteiger charge is 2.31. The second kappa shape index (κ2) is 5.08. The molecule has 1 aromatic carbocycles. The lowest BCUT2D eigenvalue weighted by molar-refractivity contribution is 0.0776. The monoisotopic (exact) mass is 248 g/mol. The van der Waals surface area contributed by atoms with Crippen LogP contribution in [-0.4, -0.2) is 53.1 Å².